The largest absolute Gasteiger partial charge is 2.00 e. The van der Waals surface area contributed by atoms with Crippen LogP contribution in [0.5, 0.6) is 0 Å². The molecular weight excluding hydrogens is 566 g/mol. The van der Waals surface area contributed by atoms with Gasteiger partial charge in [-0.3, -0.25) is 0 Å². The van der Waals surface area contributed by atoms with Crippen LogP contribution in [0.2, 0.25) is 0 Å². The van der Waals surface area contributed by atoms with Crippen LogP contribution in [0.25, 0.3) is 0 Å². The predicted molar refractivity (Wildman–Crippen MR) is 124 cm³/mol. The smallest absolute Gasteiger partial charge is 0.741 e. The Morgan fingerprint density at radius 1 is 0.600 bits per heavy atom. The van der Waals surface area contributed by atoms with Crippen molar-refractivity contribution in [3.63, 3.8) is 0 Å². The Morgan fingerprint density at radius 2 is 0.914 bits per heavy atom. The van der Waals surface area contributed by atoms with Crippen LogP contribution >= 0.6 is 0 Å². The van der Waals surface area contributed by atoms with Crippen LogP contribution in [-0.4, -0.2) is 47.2 Å². The Labute approximate surface area is 218 Å². The minimum absolute atomic E-state index is 0. The molecule has 15 heteroatoms. The van der Waals surface area contributed by atoms with Crippen LogP contribution < -0.4 is 10.6 Å². The fourth-order valence-electron chi connectivity index (χ4n) is 2.29. The number of hydrogen-bond acceptors (Lipinski definition) is 6. The molecule has 191 valence electrons. The molecule has 0 saturated carbocycles. The van der Waals surface area contributed by atoms with Crippen molar-refractivity contribution in [2.75, 3.05) is 13.1 Å². The first-order chi connectivity index (χ1) is 15.9. The van der Waals surface area contributed by atoms with Crippen LogP contribution in [0.3, 0.4) is 0 Å². The van der Waals surface area contributed by atoms with Crippen molar-refractivity contribution in [2.45, 2.75) is 12.4 Å². The summed E-state index contributed by atoms with van der Waals surface area (Å²) in [5.74, 6) is 0. The molecule has 0 unspecified atom stereocenters. The standard InChI is InChI=1S/C20H18F6N6S2.Cu/c21-19(22,23)11-27-17(33)31-29-15(13-7-3-1-4-8-13)16(14-9-5-2-6-10-14)30-32-18(34)28-12-20(24,25)26;/h1-10H,11-12H2,(H2,27,31,33)(H2,28,32,34);/q;+2/p-2/b29-15+,30-16+;. The van der Waals surface area contributed by atoms with Crippen LogP contribution in [0.15, 0.2) is 81.1 Å². The van der Waals surface area contributed by atoms with Crippen molar-refractivity contribution < 1.29 is 43.4 Å². The molecule has 2 rings (SSSR count). The quantitative estimate of drug-likeness (QED) is 0.130. The van der Waals surface area contributed by atoms with Gasteiger partial charge in [-0.15, -0.1) is 10.2 Å². The van der Waals surface area contributed by atoms with Crippen molar-refractivity contribution in [2.24, 2.45) is 20.4 Å². The van der Waals surface area contributed by atoms with Gasteiger partial charge in [0, 0.05) is 11.1 Å². The molecule has 0 aliphatic rings. The summed E-state index contributed by atoms with van der Waals surface area (Å²) in [5.41, 5.74) is 0.976. The van der Waals surface area contributed by atoms with Gasteiger partial charge in [0.05, 0.1) is 0 Å². The Hall–Kier alpha value is -2.74. The van der Waals surface area contributed by atoms with Crippen LogP contribution in [0.1, 0.15) is 11.1 Å². The summed E-state index contributed by atoms with van der Waals surface area (Å²) in [6.45, 7) is -2.81. The van der Waals surface area contributed by atoms with Gasteiger partial charge < -0.3 is 35.9 Å². The van der Waals surface area contributed by atoms with Crippen molar-refractivity contribution in [3.8, 4) is 0 Å². The van der Waals surface area contributed by atoms with E-state index in [0.717, 1.165) is 0 Å². The number of hydrogen-bond donors (Lipinski definition) is 2. The maximum atomic E-state index is 12.4. The average Bonchev–Trinajstić information content (AvgIpc) is 2.78. The number of halogens is 6. The van der Waals surface area contributed by atoms with Gasteiger partial charge in [-0.25, -0.2) is 0 Å². The average molecular weight is 582 g/mol. The summed E-state index contributed by atoms with van der Waals surface area (Å²) in [6, 6.07) is 16.6. The number of benzene rings is 2. The predicted octanol–water partition coefficient (Wildman–Crippen LogP) is 3.90. The van der Waals surface area contributed by atoms with Gasteiger partial charge in [-0.1, -0.05) is 60.7 Å². The van der Waals surface area contributed by atoms with E-state index in [1.165, 1.54) is 0 Å². The van der Waals surface area contributed by atoms with Crippen molar-refractivity contribution in [1.29, 1.82) is 0 Å². The van der Waals surface area contributed by atoms with Crippen molar-refractivity contribution in [1.82, 2.24) is 10.6 Å². The van der Waals surface area contributed by atoms with Gasteiger partial charge >= 0.3 is 29.4 Å². The molecule has 0 aliphatic carbocycles. The molecule has 0 atom stereocenters. The summed E-state index contributed by atoms with van der Waals surface area (Å²) in [6.07, 6.45) is -9.03. The Kier molecular flexibility index (Phi) is 12.1. The van der Waals surface area contributed by atoms with E-state index in [1.54, 1.807) is 60.7 Å². The molecule has 2 aromatic carbocycles. The minimum atomic E-state index is -4.51. The molecule has 0 spiro atoms. The van der Waals surface area contributed by atoms with Crippen LogP contribution in [0, 0.1) is 0 Å². The zero-order valence-electron chi connectivity index (χ0n) is 17.4. The molecular formula is C20H16CuF6N6S2. The molecule has 0 amide bonds. The third-order valence-corrected chi connectivity index (χ3v) is 4.13. The fraction of sp³-hybridized carbons (Fsp3) is 0.200. The van der Waals surface area contributed by atoms with E-state index in [2.05, 4.69) is 20.4 Å². The molecule has 1 radical (unpaired) electrons. The van der Waals surface area contributed by atoms with Crippen LogP contribution in [0.4, 0.5) is 26.3 Å². The summed E-state index contributed by atoms with van der Waals surface area (Å²) in [4.78, 5) is 0. The maximum absolute atomic E-state index is 12.4. The maximum Gasteiger partial charge on any atom is 2.00 e. The summed E-state index contributed by atoms with van der Waals surface area (Å²) >= 11 is 9.57. The summed E-state index contributed by atoms with van der Waals surface area (Å²) < 4.78 is 74.5. The molecule has 0 bridgehead atoms. The number of nitrogens with zero attached hydrogens (tertiary/aromatic N) is 4. The van der Waals surface area contributed by atoms with E-state index in [4.69, 9.17) is 25.3 Å². The molecule has 35 heavy (non-hydrogen) atoms. The normalized spacial score (nSPS) is 13.8. The second-order valence-corrected chi connectivity index (χ2v) is 7.15. The monoisotopic (exact) mass is 581 g/mol. The fourth-order valence-corrected chi connectivity index (χ4v) is 2.51. The van der Waals surface area contributed by atoms with E-state index >= 15 is 0 Å². The second-order valence-electron chi connectivity index (χ2n) is 6.38. The number of nitrogens with one attached hydrogen (secondary N) is 2. The first kappa shape index (κ1) is 30.3. The number of rotatable bonds is 7. The Bertz CT molecular complexity index is 972. The van der Waals surface area contributed by atoms with Crippen LogP contribution in [-0.2, 0) is 42.3 Å². The number of amidine groups is 2. The topological polar surface area (TPSA) is 73.5 Å². The summed E-state index contributed by atoms with van der Waals surface area (Å²) in [5, 5.41) is 18.0. The molecule has 2 aromatic rings. The van der Waals surface area contributed by atoms with Gasteiger partial charge in [-0.2, -0.15) is 36.5 Å². The molecule has 0 aromatic heterocycles. The molecule has 0 aliphatic heterocycles. The van der Waals surface area contributed by atoms with Crippen molar-refractivity contribution >= 4 is 47.0 Å². The van der Waals surface area contributed by atoms with E-state index < -0.39 is 35.8 Å². The molecule has 6 nitrogen and oxygen atoms in total. The molecule has 0 heterocycles. The van der Waals surface area contributed by atoms with Gasteiger partial charge in [-0.05, 0) is 10.3 Å². The van der Waals surface area contributed by atoms with E-state index in [1.807, 2.05) is 10.6 Å². The Morgan fingerprint density at radius 3 is 1.20 bits per heavy atom. The minimum Gasteiger partial charge on any atom is -0.741 e. The molecule has 2 N–H and O–H groups in total. The van der Waals surface area contributed by atoms with Gasteiger partial charge in [0.2, 0.25) is 0 Å². The van der Waals surface area contributed by atoms with Gasteiger partial charge in [0.1, 0.15) is 24.5 Å². The van der Waals surface area contributed by atoms with E-state index in [9.17, 15) is 26.3 Å². The van der Waals surface area contributed by atoms with Crippen molar-refractivity contribution in [3.05, 3.63) is 71.8 Å². The zero-order chi connectivity index (χ0) is 25.2. The number of alkyl halides is 6. The summed E-state index contributed by atoms with van der Waals surface area (Å²) in [7, 11) is 0. The zero-order valence-corrected chi connectivity index (χ0v) is 19.9. The first-order valence-electron chi connectivity index (χ1n) is 9.32. The third kappa shape index (κ3) is 12.0. The Balaban J connectivity index is 0.00000612. The van der Waals surface area contributed by atoms with E-state index in [0.29, 0.717) is 11.1 Å². The first-order valence-corrected chi connectivity index (χ1v) is 10.1. The third-order valence-electron chi connectivity index (χ3n) is 3.68. The van der Waals surface area contributed by atoms with Gasteiger partial charge in [0.25, 0.3) is 0 Å². The molecule has 0 saturated heterocycles. The van der Waals surface area contributed by atoms with E-state index in [-0.39, 0.29) is 28.5 Å². The molecule has 0 fully saturated rings. The SMILES string of the molecule is FC(F)(F)CN/C([S-])=N/N=C(/C(=N/N=C(\[S-])NCC(F)(F)F)c1ccccc1)c1ccccc1.[Cu+2]. The second kappa shape index (κ2) is 14.0. The van der Waals surface area contributed by atoms with Gasteiger partial charge in [0.15, 0.2) is 0 Å².